The van der Waals surface area contributed by atoms with Gasteiger partial charge in [-0.05, 0) is 69.0 Å². The number of nitrogens with one attached hydrogen (secondary N) is 1. The molecule has 3 heteroatoms. The Morgan fingerprint density at radius 2 is 2.00 bits per heavy atom. The van der Waals surface area contributed by atoms with Gasteiger partial charge in [-0.2, -0.15) is 0 Å². The number of likely N-dealkylation sites (N-methyl/N-ethyl adjacent to an activating group) is 1. The largest absolute Gasteiger partial charge is 0.497 e. The lowest BCUT2D eigenvalue weighted by molar-refractivity contribution is 0.186. The van der Waals surface area contributed by atoms with Crippen LogP contribution in [0.5, 0.6) is 5.75 Å². The molecule has 2 fully saturated rings. The quantitative estimate of drug-likeness (QED) is 0.932. The second-order valence-corrected chi connectivity index (χ2v) is 6.97. The minimum Gasteiger partial charge on any atom is -0.497 e. The van der Waals surface area contributed by atoms with Crippen LogP contribution in [0, 0.1) is 11.8 Å². The van der Waals surface area contributed by atoms with Crippen LogP contribution in [-0.4, -0.2) is 37.1 Å². The Labute approximate surface area is 126 Å². The van der Waals surface area contributed by atoms with Gasteiger partial charge in [0.2, 0.25) is 0 Å². The lowest BCUT2D eigenvalue weighted by Crippen LogP contribution is -2.38. The fourth-order valence-corrected chi connectivity index (χ4v) is 4.97. The number of hydrogen-bond acceptors (Lipinski definition) is 2. The molecule has 1 aromatic heterocycles. The molecule has 4 rings (SSSR count). The van der Waals surface area contributed by atoms with Crippen molar-refractivity contribution in [1.82, 2.24) is 9.88 Å². The maximum absolute atomic E-state index is 5.42. The molecular formula is C18H24N2O. The van der Waals surface area contributed by atoms with Crippen molar-refractivity contribution in [3.8, 4) is 5.75 Å². The zero-order valence-electron chi connectivity index (χ0n) is 13.1. The first kappa shape index (κ1) is 13.2. The zero-order chi connectivity index (χ0) is 14.6. The predicted molar refractivity (Wildman–Crippen MR) is 85.9 cm³/mol. The van der Waals surface area contributed by atoms with Crippen molar-refractivity contribution in [1.29, 1.82) is 0 Å². The van der Waals surface area contributed by atoms with E-state index in [4.69, 9.17) is 4.74 Å². The molecule has 112 valence electrons. The van der Waals surface area contributed by atoms with E-state index in [0.29, 0.717) is 12.0 Å². The third-order valence-electron chi connectivity index (χ3n) is 5.75. The normalized spacial score (nSPS) is 31.4. The van der Waals surface area contributed by atoms with E-state index in [1.165, 1.54) is 35.7 Å². The molecule has 4 atom stereocenters. The molecule has 2 saturated carbocycles. The van der Waals surface area contributed by atoms with Gasteiger partial charge in [0, 0.05) is 29.1 Å². The summed E-state index contributed by atoms with van der Waals surface area (Å²) in [6.45, 7) is 0. The molecule has 0 aliphatic heterocycles. The molecule has 1 heterocycles. The second-order valence-electron chi connectivity index (χ2n) is 6.97. The fourth-order valence-electron chi connectivity index (χ4n) is 4.97. The van der Waals surface area contributed by atoms with Crippen molar-refractivity contribution < 1.29 is 4.74 Å². The third kappa shape index (κ3) is 1.90. The van der Waals surface area contributed by atoms with E-state index in [2.05, 4.69) is 42.3 Å². The predicted octanol–water partition coefficient (Wildman–Crippen LogP) is 3.62. The zero-order valence-corrected chi connectivity index (χ0v) is 13.1. The van der Waals surface area contributed by atoms with Gasteiger partial charge in [-0.1, -0.05) is 0 Å². The smallest absolute Gasteiger partial charge is 0.119 e. The van der Waals surface area contributed by atoms with E-state index < -0.39 is 0 Å². The van der Waals surface area contributed by atoms with Gasteiger partial charge in [-0.15, -0.1) is 0 Å². The average molecular weight is 284 g/mol. The molecule has 0 radical (unpaired) electrons. The Kier molecular flexibility index (Phi) is 3.00. The minimum absolute atomic E-state index is 0.666. The lowest BCUT2D eigenvalue weighted by Gasteiger charge is -2.35. The molecule has 0 saturated heterocycles. The summed E-state index contributed by atoms with van der Waals surface area (Å²) in [7, 11) is 6.23. The standard InChI is InChI=1S/C18H24N2O/c1-20(2)18-12-5-4-11(8-12)17(18)15-10-19-16-7-6-13(21-3)9-14(15)16/h6-7,9-12,17-19H,4-5,8H2,1-3H3/t11-,12+,17-,18+/m1/s1. The number of benzene rings is 1. The highest BCUT2D eigenvalue weighted by Gasteiger charge is 2.49. The number of hydrogen-bond donors (Lipinski definition) is 1. The van der Waals surface area contributed by atoms with Crippen LogP contribution in [0.25, 0.3) is 10.9 Å². The van der Waals surface area contributed by atoms with Crippen molar-refractivity contribution in [2.45, 2.75) is 31.2 Å². The van der Waals surface area contributed by atoms with Gasteiger partial charge in [-0.3, -0.25) is 0 Å². The summed E-state index contributed by atoms with van der Waals surface area (Å²) in [5.41, 5.74) is 2.72. The maximum Gasteiger partial charge on any atom is 0.119 e. The summed E-state index contributed by atoms with van der Waals surface area (Å²) in [5.74, 6) is 3.35. The van der Waals surface area contributed by atoms with Crippen LogP contribution >= 0.6 is 0 Å². The third-order valence-corrected chi connectivity index (χ3v) is 5.75. The van der Waals surface area contributed by atoms with Gasteiger partial charge >= 0.3 is 0 Å². The lowest BCUT2D eigenvalue weighted by atomic mass is 9.79. The van der Waals surface area contributed by atoms with Gasteiger partial charge in [-0.25, -0.2) is 0 Å². The Morgan fingerprint density at radius 1 is 1.19 bits per heavy atom. The maximum atomic E-state index is 5.42. The van der Waals surface area contributed by atoms with Crippen LogP contribution in [0.2, 0.25) is 0 Å². The first-order valence-electron chi connectivity index (χ1n) is 8.00. The Morgan fingerprint density at radius 3 is 2.76 bits per heavy atom. The van der Waals surface area contributed by atoms with Gasteiger partial charge < -0.3 is 14.6 Å². The molecule has 3 nitrogen and oxygen atoms in total. The number of fused-ring (bicyclic) bond motifs is 3. The summed E-state index contributed by atoms with van der Waals surface area (Å²) in [6, 6.07) is 7.05. The van der Waals surface area contributed by atoms with Gasteiger partial charge in [0.1, 0.15) is 5.75 Å². The van der Waals surface area contributed by atoms with Crippen LogP contribution < -0.4 is 4.74 Å². The van der Waals surface area contributed by atoms with Crippen LogP contribution in [0.15, 0.2) is 24.4 Å². The molecule has 2 bridgehead atoms. The first-order valence-corrected chi connectivity index (χ1v) is 8.00. The van der Waals surface area contributed by atoms with E-state index >= 15 is 0 Å². The summed E-state index contributed by atoms with van der Waals surface area (Å²) in [5, 5.41) is 1.35. The topological polar surface area (TPSA) is 28.3 Å². The molecule has 2 aliphatic carbocycles. The first-order chi connectivity index (χ1) is 10.2. The molecule has 2 aliphatic rings. The molecule has 0 unspecified atom stereocenters. The SMILES string of the molecule is COc1ccc2[nH]cc([C@H]3[C@@H]4CC[C@@H](C4)[C@@H]3N(C)C)c2c1. The molecule has 2 aromatic rings. The van der Waals surface area contributed by atoms with Gasteiger partial charge in [0.25, 0.3) is 0 Å². The van der Waals surface area contributed by atoms with E-state index in [9.17, 15) is 0 Å². The number of aromatic amines is 1. The summed E-state index contributed by atoms with van der Waals surface area (Å²) in [6.07, 6.45) is 6.46. The average Bonchev–Trinajstić information content (AvgIpc) is 3.19. The Balaban J connectivity index is 1.82. The molecule has 0 amide bonds. The molecular weight excluding hydrogens is 260 g/mol. The van der Waals surface area contributed by atoms with E-state index in [1.54, 1.807) is 7.11 Å². The van der Waals surface area contributed by atoms with Crippen molar-refractivity contribution in [2.75, 3.05) is 21.2 Å². The molecule has 1 aromatic carbocycles. The molecule has 0 spiro atoms. The number of nitrogens with zero attached hydrogens (tertiary/aromatic N) is 1. The van der Waals surface area contributed by atoms with Crippen molar-refractivity contribution in [3.63, 3.8) is 0 Å². The molecule has 1 N–H and O–H groups in total. The Bertz CT molecular complexity index is 660. The van der Waals surface area contributed by atoms with Crippen LogP contribution in [0.3, 0.4) is 0 Å². The summed E-state index contributed by atoms with van der Waals surface area (Å²) in [4.78, 5) is 5.91. The highest BCUT2D eigenvalue weighted by Crippen LogP contribution is 2.55. The summed E-state index contributed by atoms with van der Waals surface area (Å²) < 4.78 is 5.42. The Hall–Kier alpha value is -1.48. The number of ether oxygens (including phenoxy) is 1. The van der Waals surface area contributed by atoms with Gasteiger partial charge in [0.15, 0.2) is 0 Å². The van der Waals surface area contributed by atoms with Crippen LogP contribution in [-0.2, 0) is 0 Å². The van der Waals surface area contributed by atoms with Crippen molar-refractivity contribution in [3.05, 3.63) is 30.0 Å². The second kappa shape index (κ2) is 4.77. The number of methoxy groups -OCH3 is 1. The highest BCUT2D eigenvalue weighted by atomic mass is 16.5. The van der Waals surface area contributed by atoms with Gasteiger partial charge in [0.05, 0.1) is 7.11 Å². The fraction of sp³-hybridized carbons (Fsp3) is 0.556. The van der Waals surface area contributed by atoms with Crippen LogP contribution in [0.1, 0.15) is 30.7 Å². The number of aromatic nitrogens is 1. The number of rotatable bonds is 3. The van der Waals surface area contributed by atoms with Crippen molar-refractivity contribution in [2.24, 2.45) is 11.8 Å². The monoisotopic (exact) mass is 284 g/mol. The van der Waals surface area contributed by atoms with E-state index in [-0.39, 0.29) is 0 Å². The highest BCUT2D eigenvalue weighted by molar-refractivity contribution is 5.85. The molecule has 21 heavy (non-hydrogen) atoms. The van der Waals surface area contributed by atoms with Crippen LogP contribution in [0.4, 0.5) is 0 Å². The summed E-state index contributed by atoms with van der Waals surface area (Å²) >= 11 is 0. The minimum atomic E-state index is 0.666. The number of H-pyrrole nitrogens is 1. The van der Waals surface area contributed by atoms with E-state index in [1.807, 2.05) is 6.07 Å². The van der Waals surface area contributed by atoms with Crippen molar-refractivity contribution >= 4 is 10.9 Å². The van der Waals surface area contributed by atoms with E-state index in [0.717, 1.165) is 17.6 Å².